The lowest BCUT2D eigenvalue weighted by Gasteiger charge is -2.69. The second-order valence-corrected chi connectivity index (χ2v) is 12.7. The van der Waals surface area contributed by atoms with Gasteiger partial charge in [-0.25, -0.2) is 0 Å². The fourth-order valence-corrected chi connectivity index (χ4v) is 9.64. The van der Waals surface area contributed by atoms with E-state index in [1.54, 1.807) is 6.08 Å². The van der Waals surface area contributed by atoms with Gasteiger partial charge in [-0.05, 0) is 104 Å². The predicted octanol–water partition coefficient (Wildman–Crippen LogP) is 7.33. The lowest BCUT2D eigenvalue weighted by molar-refractivity contribution is -0.201. The van der Waals surface area contributed by atoms with Gasteiger partial charge in [0.25, 0.3) is 0 Å². The van der Waals surface area contributed by atoms with Crippen molar-refractivity contribution in [3.8, 4) is 0 Å². The highest BCUT2D eigenvalue weighted by Crippen LogP contribution is 2.75. The lowest BCUT2D eigenvalue weighted by Crippen LogP contribution is -2.63. The summed E-state index contributed by atoms with van der Waals surface area (Å²) in [5, 5.41) is 0. The Balaban J connectivity index is 1.59. The van der Waals surface area contributed by atoms with Crippen molar-refractivity contribution in [1.29, 1.82) is 0 Å². The molecule has 4 rings (SSSR count). The molecule has 172 valence electrons. The fraction of sp³-hybridized carbons (Fsp3) is 0.793. The normalized spacial score (nSPS) is 46.3. The highest BCUT2D eigenvalue weighted by atomic mass is 16.1. The number of carbonyl (C=O) groups is 2. The minimum atomic E-state index is -0.159. The molecule has 0 aliphatic heterocycles. The topological polar surface area (TPSA) is 34.1 Å². The third kappa shape index (κ3) is 3.17. The van der Waals surface area contributed by atoms with Gasteiger partial charge in [-0.15, -0.1) is 0 Å². The Morgan fingerprint density at radius 1 is 0.968 bits per heavy atom. The molecule has 31 heavy (non-hydrogen) atoms. The van der Waals surface area contributed by atoms with Gasteiger partial charge in [-0.1, -0.05) is 52.8 Å². The SMILES string of the molecule is C=C(CC/C=C\C=O)[C@H]1CC[C@]2(C)[C@@H]1CC[C@@H]1[C@@]3(C)CCC(=O)C(C)(C)[C@@H]3CC[C@]12C. The van der Waals surface area contributed by atoms with E-state index in [2.05, 4.69) is 41.2 Å². The first-order valence-corrected chi connectivity index (χ1v) is 12.8. The average Bonchev–Trinajstić information content (AvgIpc) is 3.07. The van der Waals surface area contributed by atoms with E-state index in [4.69, 9.17) is 0 Å². The number of hydrogen-bond acceptors (Lipinski definition) is 2. The molecule has 0 amide bonds. The van der Waals surface area contributed by atoms with Crippen molar-refractivity contribution in [2.45, 2.75) is 98.8 Å². The van der Waals surface area contributed by atoms with Crippen molar-refractivity contribution < 1.29 is 9.59 Å². The summed E-state index contributed by atoms with van der Waals surface area (Å²) in [6.45, 7) is 16.8. The monoisotopic (exact) mass is 424 g/mol. The van der Waals surface area contributed by atoms with Crippen LogP contribution in [0, 0.1) is 45.3 Å². The van der Waals surface area contributed by atoms with E-state index >= 15 is 0 Å². The third-order valence-electron chi connectivity index (χ3n) is 11.5. The number of ketones is 1. The van der Waals surface area contributed by atoms with Crippen LogP contribution >= 0.6 is 0 Å². The number of fused-ring (bicyclic) bond motifs is 5. The van der Waals surface area contributed by atoms with Crippen molar-refractivity contribution in [2.24, 2.45) is 45.3 Å². The maximum atomic E-state index is 12.8. The summed E-state index contributed by atoms with van der Waals surface area (Å²) in [6, 6.07) is 0. The number of hydrogen-bond donors (Lipinski definition) is 0. The first kappa shape index (κ1) is 23.0. The Hall–Kier alpha value is -1.18. The van der Waals surface area contributed by atoms with Crippen LogP contribution < -0.4 is 0 Å². The van der Waals surface area contributed by atoms with Gasteiger partial charge in [0, 0.05) is 11.8 Å². The van der Waals surface area contributed by atoms with Gasteiger partial charge >= 0.3 is 0 Å². The summed E-state index contributed by atoms with van der Waals surface area (Å²) in [4.78, 5) is 23.4. The number of rotatable bonds is 5. The van der Waals surface area contributed by atoms with Crippen LogP contribution in [0.5, 0.6) is 0 Å². The first-order chi connectivity index (χ1) is 14.5. The molecule has 0 aromatic carbocycles. The van der Waals surface area contributed by atoms with E-state index in [9.17, 15) is 9.59 Å². The molecular formula is C29H44O2. The van der Waals surface area contributed by atoms with Crippen LogP contribution in [0.2, 0.25) is 0 Å². The van der Waals surface area contributed by atoms with E-state index in [0.29, 0.717) is 33.9 Å². The molecule has 0 bridgehead atoms. The van der Waals surface area contributed by atoms with Crippen LogP contribution in [0.25, 0.3) is 0 Å². The van der Waals surface area contributed by atoms with Gasteiger partial charge in [-0.3, -0.25) is 9.59 Å². The second-order valence-electron chi connectivity index (χ2n) is 12.7. The molecule has 0 aromatic rings. The number of carbonyl (C=O) groups excluding carboxylic acids is 2. The number of aldehydes is 1. The summed E-state index contributed by atoms with van der Waals surface area (Å²) in [5.41, 5.74) is 2.29. The molecule has 0 saturated heterocycles. The van der Waals surface area contributed by atoms with E-state index in [-0.39, 0.29) is 5.41 Å². The zero-order valence-electron chi connectivity index (χ0n) is 20.6. The van der Waals surface area contributed by atoms with Gasteiger partial charge in [-0.2, -0.15) is 0 Å². The minimum absolute atomic E-state index is 0.159. The van der Waals surface area contributed by atoms with E-state index in [1.807, 2.05) is 6.08 Å². The molecule has 0 spiro atoms. The summed E-state index contributed by atoms with van der Waals surface area (Å²) in [6.07, 6.45) is 16.0. The first-order valence-electron chi connectivity index (χ1n) is 12.8. The van der Waals surface area contributed by atoms with Crippen LogP contribution in [0.1, 0.15) is 98.8 Å². The van der Waals surface area contributed by atoms with Crippen molar-refractivity contribution in [1.82, 2.24) is 0 Å². The molecule has 7 atom stereocenters. The summed E-state index contributed by atoms with van der Waals surface area (Å²) in [5.74, 6) is 3.16. The Labute approximate surface area is 190 Å². The lowest BCUT2D eigenvalue weighted by atomic mass is 9.35. The molecule has 4 fully saturated rings. The molecule has 2 heteroatoms. The van der Waals surface area contributed by atoms with E-state index in [1.165, 1.54) is 44.1 Å². The summed E-state index contributed by atoms with van der Waals surface area (Å²) >= 11 is 0. The largest absolute Gasteiger partial charge is 0.299 e. The molecule has 4 aliphatic rings. The maximum Gasteiger partial charge on any atom is 0.142 e. The highest BCUT2D eigenvalue weighted by molar-refractivity contribution is 5.85. The molecular weight excluding hydrogens is 380 g/mol. The predicted molar refractivity (Wildman–Crippen MR) is 128 cm³/mol. The molecule has 0 N–H and O–H groups in total. The molecule has 0 heterocycles. The van der Waals surface area contributed by atoms with E-state index < -0.39 is 0 Å². The fourth-order valence-electron chi connectivity index (χ4n) is 9.64. The summed E-state index contributed by atoms with van der Waals surface area (Å²) < 4.78 is 0. The van der Waals surface area contributed by atoms with Gasteiger partial charge in [0.05, 0.1) is 0 Å². The number of allylic oxidation sites excluding steroid dienone is 3. The maximum absolute atomic E-state index is 12.8. The van der Waals surface area contributed by atoms with Crippen LogP contribution in [0.3, 0.4) is 0 Å². The zero-order valence-corrected chi connectivity index (χ0v) is 20.6. The average molecular weight is 425 g/mol. The van der Waals surface area contributed by atoms with Crippen molar-refractivity contribution in [2.75, 3.05) is 0 Å². The van der Waals surface area contributed by atoms with Gasteiger partial charge in [0.15, 0.2) is 0 Å². The molecule has 4 aliphatic carbocycles. The smallest absolute Gasteiger partial charge is 0.142 e. The van der Waals surface area contributed by atoms with Crippen LogP contribution in [0.4, 0.5) is 0 Å². The quantitative estimate of drug-likeness (QED) is 0.263. The van der Waals surface area contributed by atoms with Crippen LogP contribution in [0.15, 0.2) is 24.3 Å². The molecule has 0 unspecified atom stereocenters. The highest BCUT2D eigenvalue weighted by Gasteiger charge is 2.68. The van der Waals surface area contributed by atoms with Gasteiger partial charge in [0.2, 0.25) is 0 Å². The molecule has 0 aromatic heterocycles. The van der Waals surface area contributed by atoms with Gasteiger partial charge in [0.1, 0.15) is 12.1 Å². The summed E-state index contributed by atoms with van der Waals surface area (Å²) in [7, 11) is 0. The Morgan fingerprint density at radius 3 is 2.39 bits per heavy atom. The van der Waals surface area contributed by atoms with Crippen LogP contribution in [-0.2, 0) is 9.59 Å². The van der Waals surface area contributed by atoms with Crippen LogP contribution in [-0.4, -0.2) is 12.1 Å². The van der Waals surface area contributed by atoms with Crippen molar-refractivity contribution in [3.05, 3.63) is 24.3 Å². The van der Waals surface area contributed by atoms with Crippen molar-refractivity contribution in [3.63, 3.8) is 0 Å². The standard InChI is InChI=1S/C29H44O2/c1-20(10-8-7-9-19-30)21-13-17-28(5)22(21)11-12-24-27(4)16-15-25(31)26(2,3)23(27)14-18-29(24,28)6/h7,9,19,21-24H,1,8,10-18H2,2-6H3/b9-7-/t21-,22-,23+,24-,27+,28-,29-/m1/s1. The Kier molecular flexibility index (Phi) is 5.71. The molecule has 0 radical (unpaired) electrons. The number of Topliss-reactive ketones (excluding diaryl/α,β-unsaturated/α-hetero) is 1. The van der Waals surface area contributed by atoms with Crippen molar-refractivity contribution >= 4 is 12.1 Å². The van der Waals surface area contributed by atoms with E-state index in [0.717, 1.165) is 43.8 Å². The Bertz CT molecular complexity index is 791. The minimum Gasteiger partial charge on any atom is -0.299 e. The molecule has 2 nitrogen and oxygen atoms in total. The third-order valence-corrected chi connectivity index (χ3v) is 11.5. The second kappa shape index (κ2) is 7.70. The zero-order chi connectivity index (χ0) is 22.7. The van der Waals surface area contributed by atoms with Gasteiger partial charge < -0.3 is 0 Å². The Morgan fingerprint density at radius 2 is 1.68 bits per heavy atom. The molecule has 4 saturated carbocycles.